The zero-order valence-corrected chi connectivity index (χ0v) is 13.3. The Morgan fingerprint density at radius 1 is 1.37 bits per heavy atom. The van der Waals surface area contributed by atoms with E-state index in [1.807, 2.05) is 6.92 Å². The Balaban J connectivity index is 4.54. The molecule has 0 rings (SSSR count). The molecular weight excluding hydrogens is 244 g/mol. The highest BCUT2D eigenvalue weighted by Crippen LogP contribution is 2.14. The minimum Gasteiger partial charge on any atom is -0.468 e. The van der Waals surface area contributed by atoms with Gasteiger partial charge in [0.2, 0.25) is 0 Å². The maximum absolute atomic E-state index is 11.8. The van der Waals surface area contributed by atoms with Crippen LogP contribution in [-0.4, -0.2) is 63.4 Å². The van der Waals surface area contributed by atoms with Crippen LogP contribution in [0.3, 0.4) is 0 Å². The van der Waals surface area contributed by atoms with Crippen LogP contribution in [0.1, 0.15) is 33.6 Å². The summed E-state index contributed by atoms with van der Waals surface area (Å²) in [6.45, 7) is 8.67. The molecule has 2 atom stereocenters. The molecule has 0 aromatic carbocycles. The smallest absolute Gasteiger partial charge is 0.325 e. The monoisotopic (exact) mass is 274 g/mol. The lowest BCUT2D eigenvalue weighted by Gasteiger charge is -2.33. The van der Waals surface area contributed by atoms with Crippen LogP contribution in [0.15, 0.2) is 0 Å². The second-order valence-electron chi connectivity index (χ2n) is 5.11. The third-order valence-electron chi connectivity index (χ3n) is 3.88. The number of carbonyl (C=O) groups is 1. The molecule has 0 bridgehead atoms. The minimum atomic E-state index is -0.631. The van der Waals surface area contributed by atoms with Gasteiger partial charge in [0.25, 0.3) is 0 Å². The molecule has 19 heavy (non-hydrogen) atoms. The van der Waals surface area contributed by atoms with Crippen molar-refractivity contribution in [1.29, 1.82) is 0 Å². The van der Waals surface area contributed by atoms with Gasteiger partial charge in [0.05, 0.1) is 13.7 Å². The molecule has 5 heteroatoms. The number of methoxy groups -OCH3 is 2. The van der Waals surface area contributed by atoms with Crippen LogP contribution in [0.5, 0.6) is 0 Å². The fraction of sp³-hybridized carbons (Fsp3) is 0.929. The molecule has 0 aliphatic rings. The second kappa shape index (κ2) is 9.28. The van der Waals surface area contributed by atoms with Crippen LogP contribution < -0.4 is 5.32 Å². The Labute approximate surface area is 117 Å². The number of nitrogens with zero attached hydrogens (tertiary/aromatic N) is 1. The molecule has 0 amide bonds. The van der Waals surface area contributed by atoms with Crippen LogP contribution in [-0.2, 0) is 14.3 Å². The van der Waals surface area contributed by atoms with Crippen LogP contribution >= 0.6 is 0 Å². The van der Waals surface area contributed by atoms with E-state index in [0.717, 1.165) is 19.5 Å². The molecular formula is C14H30N2O3. The number of hydrogen-bond donors (Lipinski definition) is 1. The summed E-state index contributed by atoms with van der Waals surface area (Å²) in [4.78, 5) is 14.2. The first-order valence-corrected chi connectivity index (χ1v) is 6.95. The topological polar surface area (TPSA) is 50.8 Å². The molecule has 1 N–H and O–H groups in total. The van der Waals surface area contributed by atoms with Crippen molar-refractivity contribution in [2.75, 3.05) is 41.0 Å². The van der Waals surface area contributed by atoms with Gasteiger partial charge in [-0.3, -0.25) is 9.69 Å². The quantitative estimate of drug-likeness (QED) is 0.608. The minimum absolute atomic E-state index is 0.217. The lowest BCUT2D eigenvalue weighted by atomic mass is 9.97. The van der Waals surface area contributed by atoms with Crippen LogP contribution in [0, 0.1) is 0 Å². The number of ether oxygens (including phenoxy) is 2. The van der Waals surface area contributed by atoms with Gasteiger partial charge in [0.1, 0.15) is 5.54 Å². The first-order valence-electron chi connectivity index (χ1n) is 6.95. The molecule has 0 aliphatic carbocycles. The molecule has 0 aliphatic heterocycles. The number of likely N-dealkylation sites (N-methyl/N-ethyl adjacent to an activating group) is 1. The highest BCUT2D eigenvalue weighted by molar-refractivity contribution is 5.80. The van der Waals surface area contributed by atoms with Crippen LogP contribution in [0.2, 0.25) is 0 Å². The number of rotatable bonds is 10. The predicted molar refractivity (Wildman–Crippen MR) is 77.3 cm³/mol. The zero-order valence-electron chi connectivity index (χ0n) is 13.3. The maximum Gasteiger partial charge on any atom is 0.325 e. The zero-order chi connectivity index (χ0) is 14.9. The molecule has 2 unspecified atom stereocenters. The van der Waals surface area contributed by atoms with E-state index in [2.05, 4.69) is 24.1 Å². The lowest BCUT2D eigenvalue weighted by molar-refractivity contribution is -0.148. The van der Waals surface area contributed by atoms with Crippen LogP contribution in [0.4, 0.5) is 0 Å². The molecule has 0 fully saturated rings. The third-order valence-corrected chi connectivity index (χ3v) is 3.88. The Hall–Kier alpha value is -0.650. The van der Waals surface area contributed by atoms with Gasteiger partial charge in [-0.05, 0) is 33.7 Å². The summed E-state index contributed by atoms with van der Waals surface area (Å²) >= 11 is 0. The third kappa shape index (κ3) is 5.89. The Kier molecular flexibility index (Phi) is 8.97. The summed E-state index contributed by atoms with van der Waals surface area (Å²) in [6.07, 6.45) is 1.79. The van der Waals surface area contributed by atoms with Crippen molar-refractivity contribution in [1.82, 2.24) is 10.2 Å². The number of nitrogens with one attached hydrogen (secondary N) is 1. The van der Waals surface area contributed by atoms with E-state index in [1.165, 1.54) is 7.11 Å². The van der Waals surface area contributed by atoms with Gasteiger partial charge in [-0.1, -0.05) is 6.92 Å². The number of hydrogen-bond acceptors (Lipinski definition) is 5. The van der Waals surface area contributed by atoms with Crippen molar-refractivity contribution in [2.24, 2.45) is 0 Å². The van der Waals surface area contributed by atoms with E-state index < -0.39 is 5.54 Å². The fourth-order valence-corrected chi connectivity index (χ4v) is 1.94. The fourth-order valence-electron chi connectivity index (χ4n) is 1.94. The molecule has 0 saturated heterocycles. The average Bonchev–Trinajstić information content (AvgIpc) is 2.45. The lowest BCUT2D eigenvalue weighted by Crippen LogP contribution is -2.51. The average molecular weight is 274 g/mol. The standard InChI is InChI=1S/C14H30N2O3/c1-7-12(2)16(10-11-18-5)9-8-14(3,15-4)13(17)19-6/h12,15H,7-11H2,1-6H3. The highest BCUT2D eigenvalue weighted by Gasteiger charge is 2.33. The van der Waals surface area contributed by atoms with E-state index in [9.17, 15) is 4.79 Å². The van der Waals surface area contributed by atoms with Gasteiger partial charge < -0.3 is 14.8 Å². The van der Waals surface area contributed by atoms with E-state index >= 15 is 0 Å². The molecule has 0 saturated carbocycles. The van der Waals surface area contributed by atoms with Gasteiger partial charge in [0.15, 0.2) is 0 Å². The van der Waals surface area contributed by atoms with Gasteiger partial charge >= 0.3 is 5.97 Å². The first-order chi connectivity index (χ1) is 8.95. The van der Waals surface area contributed by atoms with Gasteiger partial charge in [0, 0.05) is 26.2 Å². The summed E-state index contributed by atoms with van der Waals surface area (Å²) in [5, 5.41) is 3.07. The molecule has 0 heterocycles. The second-order valence-corrected chi connectivity index (χ2v) is 5.11. The van der Waals surface area contributed by atoms with Crippen molar-refractivity contribution in [3.05, 3.63) is 0 Å². The largest absolute Gasteiger partial charge is 0.468 e. The van der Waals surface area contributed by atoms with E-state index in [-0.39, 0.29) is 5.97 Å². The SMILES string of the molecule is CCC(C)N(CCOC)CCC(C)(NC)C(=O)OC. The van der Waals surface area contributed by atoms with Gasteiger partial charge in [-0.2, -0.15) is 0 Å². The summed E-state index contributed by atoms with van der Waals surface area (Å²) in [5.41, 5.74) is -0.631. The predicted octanol–water partition coefficient (Wildman–Crippen LogP) is 1.27. The maximum atomic E-state index is 11.8. The Morgan fingerprint density at radius 3 is 2.42 bits per heavy atom. The van der Waals surface area contributed by atoms with E-state index in [0.29, 0.717) is 19.1 Å². The molecule has 0 spiro atoms. The highest BCUT2D eigenvalue weighted by atomic mass is 16.5. The Bertz CT molecular complexity index is 261. The molecule has 0 radical (unpaired) electrons. The van der Waals surface area contributed by atoms with Gasteiger partial charge in [-0.15, -0.1) is 0 Å². The normalized spacial score (nSPS) is 16.2. The summed E-state index contributed by atoms with van der Waals surface area (Å²) in [5.74, 6) is -0.217. The van der Waals surface area contributed by atoms with Crippen molar-refractivity contribution in [2.45, 2.75) is 45.2 Å². The number of esters is 1. The summed E-state index contributed by atoms with van der Waals surface area (Å²) < 4.78 is 10.0. The summed E-state index contributed by atoms with van der Waals surface area (Å²) in [7, 11) is 4.93. The van der Waals surface area contributed by atoms with Crippen molar-refractivity contribution < 1.29 is 14.3 Å². The van der Waals surface area contributed by atoms with Crippen molar-refractivity contribution in [3.63, 3.8) is 0 Å². The summed E-state index contributed by atoms with van der Waals surface area (Å²) in [6, 6.07) is 0.480. The van der Waals surface area contributed by atoms with E-state index in [4.69, 9.17) is 9.47 Å². The van der Waals surface area contributed by atoms with Crippen molar-refractivity contribution in [3.8, 4) is 0 Å². The van der Waals surface area contributed by atoms with Crippen molar-refractivity contribution >= 4 is 5.97 Å². The van der Waals surface area contributed by atoms with Gasteiger partial charge in [-0.25, -0.2) is 0 Å². The molecule has 5 nitrogen and oxygen atoms in total. The van der Waals surface area contributed by atoms with Crippen LogP contribution in [0.25, 0.3) is 0 Å². The van der Waals surface area contributed by atoms with E-state index in [1.54, 1.807) is 14.2 Å². The Morgan fingerprint density at radius 2 is 2.00 bits per heavy atom. The molecule has 114 valence electrons. The molecule has 0 aromatic rings. The number of carbonyl (C=O) groups excluding carboxylic acids is 1. The molecule has 0 aromatic heterocycles. The first kappa shape index (κ1) is 18.4.